The van der Waals surface area contributed by atoms with E-state index in [1.165, 1.54) is 6.07 Å². The van der Waals surface area contributed by atoms with Crippen molar-refractivity contribution >= 4 is 17.0 Å². The van der Waals surface area contributed by atoms with Gasteiger partial charge in [0.25, 0.3) is 0 Å². The molecule has 0 bridgehead atoms. The molecule has 6 rings (SSSR count). The maximum atomic E-state index is 15.3. The molecule has 3 aromatic carbocycles. The first kappa shape index (κ1) is 26.8. The smallest absolute Gasteiger partial charge is 0.304 e. The Hall–Kier alpha value is -3.43. The summed E-state index contributed by atoms with van der Waals surface area (Å²) in [6.45, 7) is 5.72. The average Bonchev–Trinajstić information content (AvgIpc) is 3.46. The Morgan fingerprint density at radius 1 is 1.10 bits per heavy atom. The summed E-state index contributed by atoms with van der Waals surface area (Å²) in [6, 6.07) is 12.9. The molecule has 1 saturated heterocycles. The number of carboxylic acids is 1. The zero-order valence-corrected chi connectivity index (χ0v) is 23.6. The second-order valence-electron chi connectivity index (χ2n) is 10.9. The van der Waals surface area contributed by atoms with Gasteiger partial charge in [-0.3, -0.25) is 4.79 Å². The molecular weight excluding hydrogens is 533 g/mol. The summed E-state index contributed by atoms with van der Waals surface area (Å²) < 4.78 is 46.9. The highest BCUT2D eigenvalue weighted by Gasteiger charge is 2.33. The molecule has 1 fully saturated rings. The number of fused-ring (bicyclic) bond motifs is 2. The molecular formula is C31H32FNO6S. The fourth-order valence-corrected chi connectivity index (χ4v) is 6.95. The minimum Gasteiger partial charge on any atom is -0.492 e. The van der Waals surface area contributed by atoms with E-state index in [1.54, 1.807) is 12.3 Å². The third kappa shape index (κ3) is 4.97. The average molecular weight is 566 g/mol. The summed E-state index contributed by atoms with van der Waals surface area (Å²) >= 11 is 0. The van der Waals surface area contributed by atoms with Gasteiger partial charge in [-0.15, -0.1) is 0 Å². The van der Waals surface area contributed by atoms with Gasteiger partial charge in [-0.2, -0.15) is 0 Å². The Bertz CT molecular complexity index is 1490. The maximum absolute atomic E-state index is 15.3. The molecule has 40 heavy (non-hydrogen) atoms. The molecule has 2 aliphatic heterocycles. The normalized spacial score (nSPS) is 20.8. The summed E-state index contributed by atoms with van der Waals surface area (Å²) in [5.74, 6) is 0.675. The Kier molecular flexibility index (Phi) is 7.04. The summed E-state index contributed by atoms with van der Waals surface area (Å²) in [4.78, 5) is 11.2. The number of benzene rings is 3. The van der Waals surface area contributed by atoms with Crippen LogP contribution in [0, 0.1) is 19.7 Å². The lowest BCUT2D eigenvalue weighted by Gasteiger charge is -2.36. The minimum absolute atomic E-state index is 0.0172. The predicted octanol–water partition coefficient (Wildman–Crippen LogP) is 5.48. The molecule has 9 heteroatoms. The molecule has 3 aliphatic rings. The topological polar surface area (TPSA) is 85.3 Å². The molecule has 0 spiro atoms. The highest BCUT2D eigenvalue weighted by molar-refractivity contribution is 7.81. The molecule has 1 N–H and O–H groups in total. The number of aryl methyl sites for hydroxylation is 2. The lowest BCUT2D eigenvalue weighted by Crippen LogP contribution is -2.53. The van der Waals surface area contributed by atoms with Crippen molar-refractivity contribution in [3.63, 3.8) is 0 Å². The largest absolute Gasteiger partial charge is 0.492 e. The number of hydrogen-bond donors (Lipinski definition) is 1. The fraction of sp³-hybridized carbons (Fsp3) is 0.387. The summed E-state index contributed by atoms with van der Waals surface area (Å²) in [5, 5.41) is 9.15. The minimum atomic E-state index is -0.975. The Morgan fingerprint density at radius 2 is 1.85 bits per heavy atom. The molecule has 210 valence electrons. The van der Waals surface area contributed by atoms with Gasteiger partial charge in [0, 0.05) is 42.5 Å². The van der Waals surface area contributed by atoms with Crippen molar-refractivity contribution in [2.75, 3.05) is 26.0 Å². The zero-order chi connectivity index (χ0) is 28.1. The third-order valence-corrected chi connectivity index (χ3v) is 9.13. The van der Waals surface area contributed by atoms with Crippen LogP contribution in [0.5, 0.6) is 17.2 Å². The van der Waals surface area contributed by atoms with Gasteiger partial charge in [0.05, 0.1) is 24.0 Å². The molecule has 1 aliphatic carbocycles. The van der Waals surface area contributed by atoms with Crippen LogP contribution in [-0.4, -0.2) is 51.6 Å². The predicted molar refractivity (Wildman–Crippen MR) is 150 cm³/mol. The van der Waals surface area contributed by atoms with Crippen LogP contribution in [0.4, 0.5) is 4.39 Å². The SMILES string of the molecule is Cc1cc(OC2CN(S(C)=O)C2)cc(C)c1-c1ccc(F)c2c1CC[C@H]2Oc1ccc2c(c1)OC[C@H]2CC(=O)O. The number of carbonyl (C=O) groups is 1. The molecule has 3 atom stereocenters. The van der Waals surface area contributed by atoms with E-state index in [0.717, 1.165) is 39.1 Å². The first-order valence-corrected chi connectivity index (χ1v) is 15.0. The van der Waals surface area contributed by atoms with E-state index >= 15 is 4.39 Å². The van der Waals surface area contributed by atoms with Gasteiger partial charge in [0.15, 0.2) is 0 Å². The fourth-order valence-electron chi connectivity index (χ4n) is 6.19. The van der Waals surface area contributed by atoms with E-state index in [9.17, 15) is 9.00 Å². The van der Waals surface area contributed by atoms with Gasteiger partial charge in [-0.1, -0.05) is 12.1 Å². The Labute approximate surface area is 235 Å². The second-order valence-corrected chi connectivity index (χ2v) is 12.2. The van der Waals surface area contributed by atoms with E-state index in [-0.39, 0.29) is 24.3 Å². The first-order valence-electron chi connectivity index (χ1n) is 13.5. The summed E-state index contributed by atoms with van der Waals surface area (Å²) in [7, 11) is -0.975. The molecule has 0 amide bonds. The van der Waals surface area contributed by atoms with Crippen molar-refractivity contribution in [2.24, 2.45) is 0 Å². The van der Waals surface area contributed by atoms with Gasteiger partial charge < -0.3 is 19.3 Å². The number of nitrogens with zero attached hydrogens (tertiary/aromatic N) is 1. The molecule has 7 nitrogen and oxygen atoms in total. The Balaban J connectivity index is 1.23. The van der Waals surface area contributed by atoms with Gasteiger partial charge in [-0.25, -0.2) is 12.9 Å². The van der Waals surface area contributed by atoms with E-state index in [4.69, 9.17) is 19.3 Å². The zero-order valence-electron chi connectivity index (χ0n) is 22.7. The number of carboxylic acid groups (broad SMARTS) is 1. The van der Waals surface area contributed by atoms with Crippen LogP contribution in [0.15, 0.2) is 42.5 Å². The number of ether oxygens (including phenoxy) is 3. The van der Waals surface area contributed by atoms with E-state index < -0.39 is 23.1 Å². The van der Waals surface area contributed by atoms with Crippen LogP contribution in [-0.2, 0) is 22.2 Å². The lowest BCUT2D eigenvalue weighted by molar-refractivity contribution is -0.137. The lowest BCUT2D eigenvalue weighted by atomic mass is 9.90. The van der Waals surface area contributed by atoms with Crippen molar-refractivity contribution in [3.8, 4) is 28.4 Å². The Morgan fingerprint density at radius 3 is 2.55 bits per heavy atom. The standard InChI is InChI=1S/C31H32FNO6S/c1-17-10-21(38-22-14-33(15-22)40(3)36)11-18(2)30(17)24-6-8-26(32)31-25(24)7-9-27(31)39-20-4-5-23-19(12-29(34)35)16-37-28(23)13-20/h4-6,8,10-11,13,19,22,27H,7,9,12,14-16H2,1-3H3,(H,34,35)/t19-,27-,40?/m1/s1. The van der Waals surface area contributed by atoms with Crippen LogP contribution in [0.1, 0.15) is 52.7 Å². The van der Waals surface area contributed by atoms with Crippen molar-refractivity contribution < 1.29 is 32.7 Å². The summed E-state index contributed by atoms with van der Waals surface area (Å²) in [5.41, 5.74) is 6.60. The monoisotopic (exact) mass is 565 g/mol. The molecule has 0 aromatic heterocycles. The van der Waals surface area contributed by atoms with Gasteiger partial charge in [0.1, 0.15) is 35.3 Å². The quantitative estimate of drug-likeness (QED) is 0.389. The number of hydrogen-bond acceptors (Lipinski definition) is 5. The van der Waals surface area contributed by atoms with Crippen LogP contribution in [0.3, 0.4) is 0 Å². The van der Waals surface area contributed by atoms with Crippen LogP contribution in [0.2, 0.25) is 0 Å². The molecule has 1 unspecified atom stereocenters. The van der Waals surface area contributed by atoms with Crippen LogP contribution < -0.4 is 14.2 Å². The molecule has 0 saturated carbocycles. The van der Waals surface area contributed by atoms with Crippen LogP contribution in [0.25, 0.3) is 11.1 Å². The molecule has 2 heterocycles. The number of rotatable bonds is 8. The highest BCUT2D eigenvalue weighted by atomic mass is 32.2. The number of aliphatic carboxylic acids is 1. The van der Waals surface area contributed by atoms with Crippen molar-refractivity contribution in [3.05, 3.63) is 76.1 Å². The van der Waals surface area contributed by atoms with E-state index in [2.05, 4.69) is 0 Å². The first-order chi connectivity index (χ1) is 19.2. The third-order valence-electron chi connectivity index (χ3n) is 8.10. The highest BCUT2D eigenvalue weighted by Crippen LogP contribution is 2.45. The van der Waals surface area contributed by atoms with Crippen molar-refractivity contribution in [1.29, 1.82) is 0 Å². The van der Waals surface area contributed by atoms with E-state index in [0.29, 0.717) is 49.6 Å². The molecule has 0 radical (unpaired) electrons. The van der Waals surface area contributed by atoms with Gasteiger partial charge in [0.2, 0.25) is 0 Å². The maximum Gasteiger partial charge on any atom is 0.304 e. The van der Waals surface area contributed by atoms with Gasteiger partial charge in [-0.05, 0) is 78.8 Å². The second kappa shape index (κ2) is 10.5. The number of halogens is 1. The summed E-state index contributed by atoms with van der Waals surface area (Å²) in [6.07, 6.45) is 2.63. The van der Waals surface area contributed by atoms with Crippen LogP contribution >= 0.6 is 0 Å². The van der Waals surface area contributed by atoms with Crippen molar-refractivity contribution in [2.45, 2.75) is 51.2 Å². The van der Waals surface area contributed by atoms with Gasteiger partial charge >= 0.3 is 5.97 Å². The van der Waals surface area contributed by atoms with E-state index in [1.807, 2.05) is 48.5 Å². The van der Waals surface area contributed by atoms with Crippen molar-refractivity contribution in [1.82, 2.24) is 4.31 Å². The molecule has 3 aromatic rings.